The maximum absolute atomic E-state index is 12.2. The summed E-state index contributed by atoms with van der Waals surface area (Å²) in [5.74, 6) is -0.426. The zero-order valence-corrected chi connectivity index (χ0v) is 25.4. The minimum atomic E-state index is -0.743. The van der Waals surface area contributed by atoms with Gasteiger partial charge in [0.15, 0.2) is 0 Å². The van der Waals surface area contributed by atoms with Crippen LogP contribution in [0.3, 0.4) is 0 Å². The lowest BCUT2D eigenvalue weighted by Gasteiger charge is -2.18. The van der Waals surface area contributed by atoms with E-state index < -0.39 is 18.1 Å². The molecule has 0 fully saturated rings. The van der Waals surface area contributed by atoms with Crippen LogP contribution in [0.4, 0.5) is 9.59 Å². The Morgan fingerprint density at radius 3 is 1.80 bits per heavy atom. The van der Waals surface area contributed by atoms with Crippen LogP contribution in [0.15, 0.2) is 24.4 Å². The number of rotatable bonds is 25. The van der Waals surface area contributed by atoms with E-state index in [0.717, 1.165) is 17.7 Å². The molecule has 234 valence electrons. The highest BCUT2D eigenvalue weighted by atomic mass is 16.6. The van der Waals surface area contributed by atoms with E-state index in [1.807, 2.05) is 0 Å². The molecule has 0 atom stereocenters. The molecule has 10 nitrogen and oxygen atoms in total. The molecule has 0 saturated heterocycles. The van der Waals surface area contributed by atoms with Crippen LogP contribution in [-0.4, -0.2) is 74.2 Å². The second-order valence-corrected chi connectivity index (χ2v) is 10.1. The summed E-state index contributed by atoms with van der Waals surface area (Å²) in [7, 11) is 0. The van der Waals surface area contributed by atoms with Gasteiger partial charge < -0.3 is 24.3 Å². The summed E-state index contributed by atoms with van der Waals surface area (Å²) in [6, 6.07) is 5.27. The van der Waals surface area contributed by atoms with Gasteiger partial charge in [0.25, 0.3) is 0 Å². The van der Waals surface area contributed by atoms with Crippen LogP contribution < -0.4 is 5.32 Å². The number of nitrogens with one attached hydrogen (secondary N) is 1. The number of pyridine rings is 1. The standard InChI is InChI=1S/C31H53N3O7/c1-3-4-5-6-7-8-9-10-11-12-13-14-16-20-33-30(36)40-25-23-38-21-22-39-24-26-41-31(37)34(28(2)35)27-29-18-15-17-19-32-29/h15,17-19H,3-14,16,20-27H2,1-2H3,(H,33,36). The van der Waals surface area contributed by atoms with Crippen molar-refractivity contribution in [3.05, 3.63) is 30.1 Å². The van der Waals surface area contributed by atoms with E-state index in [9.17, 15) is 14.4 Å². The molecule has 0 aliphatic heterocycles. The monoisotopic (exact) mass is 579 g/mol. The van der Waals surface area contributed by atoms with E-state index in [0.29, 0.717) is 25.5 Å². The Hall–Kier alpha value is -2.72. The van der Waals surface area contributed by atoms with Crippen LogP contribution in [0.5, 0.6) is 0 Å². The Kier molecular flexibility index (Phi) is 23.2. The van der Waals surface area contributed by atoms with Gasteiger partial charge in [-0.2, -0.15) is 0 Å². The average molecular weight is 580 g/mol. The molecule has 0 bridgehead atoms. The van der Waals surface area contributed by atoms with Crippen LogP contribution in [0.1, 0.15) is 103 Å². The first-order chi connectivity index (χ1) is 20.0. The molecule has 1 aromatic rings. The number of carbonyl (C=O) groups excluding carboxylic acids is 3. The number of carbonyl (C=O) groups is 3. The first-order valence-electron chi connectivity index (χ1n) is 15.5. The van der Waals surface area contributed by atoms with Crippen molar-refractivity contribution in [2.24, 2.45) is 0 Å². The molecule has 0 unspecified atom stereocenters. The van der Waals surface area contributed by atoms with Crippen molar-refractivity contribution in [2.45, 2.75) is 104 Å². The van der Waals surface area contributed by atoms with Gasteiger partial charge in [-0.25, -0.2) is 14.5 Å². The van der Waals surface area contributed by atoms with Gasteiger partial charge in [-0.15, -0.1) is 0 Å². The third-order valence-electron chi connectivity index (χ3n) is 6.48. The summed E-state index contributed by atoms with van der Waals surface area (Å²) < 4.78 is 21.0. The zero-order valence-electron chi connectivity index (χ0n) is 25.4. The molecule has 1 heterocycles. The second kappa shape index (κ2) is 26.2. The molecule has 0 radical (unpaired) electrons. The Balaban J connectivity index is 1.85. The van der Waals surface area contributed by atoms with Crippen molar-refractivity contribution in [1.82, 2.24) is 15.2 Å². The number of imide groups is 1. The lowest BCUT2D eigenvalue weighted by atomic mass is 10.0. The van der Waals surface area contributed by atoms with Crippen molar-refractivity contribution >= 4 is 18.1 Å². The van der Waals surface area contributed by atoms with E-state index in [4.69, 9.17) is 18.9 Å². The maximum atomic E-state index is 12.2. The fourth-order valence-corrected chi connectivity index (χ4v) is 4.12. The molecular formula is C31H53N3O7. The largest absolute Gasteiger partial charge is 0.447 e. The lowest BCUT2D eigenvalue weighted by molar-refractivity contribution is -0.127. The number of unbranched alkanes of at least 4 members (excludes halogenated alkanes) is 12. The molecule has 1 N–H and O–H groups in total. The molecule has 0 aliphatic rings. The quantitative estimate of drug-likeness (QED) is 0.132. The third-order valence-corrected chi connectivity index (χ3v) is 6.48. The van der Waals surface area contributed by atoms with Gasteiger partial charge in [-0.05, 0) is 18.6 Å². The average Bonchev–Trinajstić information content (AvgIpc) is 2.97. The van der Waals surface area contributed by atoms with E-state index in [1.54, 1.807) is 24.4 Å². The smallest absolute Gasteiger partial charge is 0.416 e. The molecule has 1 aromatic heterocycles. The van der Waals surface area contributed by atoms with Gasteiger partial charge in [0, 0.05) is 19.7 Å². The van der Waals surface area contributed by atoms with E-state index >= 15 is 0 Å². The van der Waals surface area contributed by atoms with Crippen molar-refractivity contribution < 1.29 is 33.3 Å². The number of alkyl carbamates (subject to hydrolysis) is 1. The van der Waals surface area contributed by atoms with Crippen LogP contribution >= 0.6 is 0 Å². The van der Waals surface area contributed by atoms with Gasteiger partial charge in [-0.3, -0.25) is 9.78 Å². The number of hydrogen-bond donors (Lipinski definition) is 1. The number of amides is 3. The number of aromatic nitrogens is 1. The first kappa shape index (κ1) is 36.3. The fourth-order valence-electron chi connectivity index (χ4n) is 4.12. The molecule has 1 rings (SSSR count). The lowest BCUT2D eigenvalue weighted by Crippen LogP contribution is -2.36. The molecule has 0 spiro atoms. The molecule has 0 aliphatic carbocycles. The van der Waals surface area contributed by atoms with Crippen LogP contribution in [0.2, 0.25) is 0 Å². The van der Waals surface area contributed by atoms with Crippen molar-refractivity contribution in [1.29, 1.82) is 0 Å². The van der Waals surface area contributed by atoms with E-state index in [-0.39, 0.29) is 33.0 Å². The van der Waals surface area contributed by atoms with Crippen LogP contribution in [0, 0.1) is 0 Å². The predicted molar refractivity (Wildman–Crippen MR) is 158 cm³/mol. The molecule has 0 saturated carbocycles. The highest BCUT2D eigenvalue weighted by Gasteiger charge is 2.20. The number of nitrogens with zero attached hydrogens (tertiary/aromatic N) is 2. The van der Waals surface area contributed by atoms with Crippen molar-refractivity contribution in [2.75, 3.05) is 46.2 Å². The Bertz CT molecular complexity index is 795. The van der Waals surface area contributed by atoms with Gasteiger partial charge in [0.2, 0.25) is 5.91 Å². The highest BCUT2D eigenvalue weighted by Crippen LogP contribution is 2.12. The highest BCUT2D eigenvalue weighted by molar-refractivity contribution is 5.90. The summed E-state index contributed by atoms with van der Waals surface area (Å²) in [5.41, 5.74) is 0.587. The molecule has 41 heavy (non-hydrogen) atoms. The Morgan fingerprint density at radius 1 is 0.732 bits per heavy atom. The minimum absolute atomic E-state index is 0.00731. The molecule has 3 amide bonds. The SMILES string of the molecule is CCCCCCCCCCCCCCCNC(=O)OCCOCCOCCOC(=O)N(Cc1ccccn1)C(C)=O. The summed E-state index contributed by atoms with van der Waals surface area (Å²) >= 11 is 0. The van der Waals surface area contributed by atoms with Gasteiger partial charge in [-0.1, -0.05) is 90.0 Å². The molecular weight excluding hydrogens is 526 g/mol. The summed E-state index contributed by atoms with van der Waals surface area (Å²) in [6.45, 7) is 5.45. The molecule has 10 heteroatoms. The topological polar surface area (TPSA) is 116 Å². The van der Waals surface area contributed by atoms with Crippen LogP contribution in [-0.2, 0) is 30.3 Å². The van der Waals surface area contributed by atoms with Crippen molar-refractivity contribution in [3.63, 3.8) is 0 Å². The normalized spacial score (nSPS) is 10.8. The molecule has 0 aromatic carbocycles. The second-order valence-electron chi connectivity index (χ2n) is 10.1. The van der Waals surface area contributed by atoms with Gasteiger partial charge in [0.05, 0.1) is 38.7 Å². The third kappa shape index (κ3) is 21.7. The summed E-state index contributed by atoms with van der Waals surface area (Å²) in [5, 5.41) is 2.77. The summed E-state index contributed by atoms with van der Waals surface area (Å²) in [6.07, 6.45) is 17.3. The number of ether oxygens (including phenoxy) is 4. The van der Waals surface area contributed by atoms with E-state index in [1.165, 1.54) is 77.6 Å². The summed E-state index contributed by atoms with van der Waals surface area (Å²) in [4.78, 5) is 40.8. The maximum Gasteiger partial charge on any atom is 0.416 e. The van der Waals surface area contributed by atoms with Gasteiger partial charge in [0.1, 0.15) is 13.2 Å². The number of hydrogen-bond acceptors (Lipinski definition) is 8. The zero-order chi connectivity index (χ0) is 29.8. The fraction of sp³-hybridized carbons (Fsp3) is 0.742. The van der Waals surface area contributed by atoms with Gasteiger partial charge >= 0.3 is 12.2 Å². The Morgan fingerprint density at radius 2 is 1.27 bits per heavy atom. The predicted octanol–water partition coefficient (Wildman–Crippen LogP) is 6.42. The van der Waals surface area contributed by atoms with Crippen molar-refractivity contribution in [3.8, 4) is 0 Å². The first-order valence-corrected chi connectivity index (χ1v) is 15.5. The van der Waals surface area contributed by atoms with E-state index in [2.05, 4.69) is 17.2 Å². The van der Waals surface area contributed by atoms with Crippen LogP contribution in [0.25, 0.3) is 0 Å². The minimum Gasteiger partial charge on any atom is -0.447 e. The Labute approximate surface area is 246 Å².